The van der Waals surface area contributed by atoms with Gasteiger partial charge < -0.3 is 16.0 Å². The maximum atomic E-state index is 12.8. The van der Waals surface area contributed by atoms with Crippen LogP contribution in [0.25, 0.3) is 0 Å². The summed E-state index contributed by atoms with van der Waals surface area (Å²) in [6.07, 6.45) is 27.3. The summed E-state index contributed by atoms with van der Waals surface area (Å²) in [6.45, 7) is 8.06. The molecule has 3 N–H and O–H groups in total. The molecule has 7 heteroatoms. The SMILES string of the molecule is CCCCCCCCCCCCCCCCCCNC(=O)[C@@H](NC(=O)NCCCCCCN=C=O)[C@@H](C)CC. The Labute approximate surface area is 240 Å². The van der Waals surface area contributed by atoms with E-state index in [-0.39, 0.29) is 17.9 Å². The molecule has 0 unspecified atom stereocenters. The Balaban J connectivity index is 3.77. The Morgan fingerprint density at radius 3 is 1.54 bits per heavy atom. The molecular weight excluding hydrogens is 488 g/mol. The molecule has 0 aromatic rings. The Morgan fingerprint density at radius 1 is 0.641 bits per heavy atom. The summed E-state index contributed by atoms with van der Waals surface area (Å²) in [6, 6.07) is -0.805. The monoisotopic (exact) mass is 550 g/mol. The molecule has 228 valence electrons. The van der Waals surface area contributed by atoms with Gasteiger partial charge in [0.25, 0.3) is 0 Å². The van der Waals surface area contributed by atoms with Crippen LogP contribution in [0.4, 0.5) is 4.79 Å². The number of nitrogens with one attached hydrogen (secondary N) is 3. The number of carbonyl (C=O) groups excluding carboxylic acids is 3. The van der Waals surface area contributed by atoms with E-state index in [4.69, 9.17) is 0 Å². The normalized spacial score (nSPS) is 12.4. The molecule has 0 fully saturated rings. The predicted octanol–water partition coefficient (Wildman–Crippen LogP) is 7.97. The van der Waals surface area contributed by atoms with Gasteiger partial charge in [0.1, 0.15) is 6.04 Å². The third-order valence-corrected chi connectivity index (χ3v) is 7.66. The zero-order valence-corrected chi connectivity index (χ0v) is 25.8. The fraction of sp³-hybridized carbons (Fsp3) is 0.906. The predicted molar refractivity (Wildman–Crippen MR) is 164 cm³/mol. The third kappa shape index (κ3) is 24.9. The second-order valence-corrected chi connectivity index (χ2v) is 11.2. The average molecular weight is 551 g/mol. The maximum absolute atomic E-state index is 12.8. The summed E-state index contributed by atoms with van der Waals surface area (Å²) >= 11 is 0. The van der Waals surface area contributed by atoms with Crippen LogP contribution in [0.15, 0.2) is 4.99 Å². The van der Waals surface area contributed by atoms with Crippen molar-refractivity contribution in [2.75, 3.05) is 19.6 Å². The number of amides is 3. The molecule has 0 aromatic carbocycles. The highest BCUT2D eigenvalue weighted by Gasteiger charge is 2.25. The van der Waals surface area contributed by atoms with E-state index < -0.39 is 6.04 Å². The lowest BCUT2D eigenvalue weighted by atomic mass is 9.98. The molecule has 0 aliphatic rings. The van der Waals surface area contributed by atoms with Crippen molar-refractivity contribution in [2.24, 2.45) is 10.9 Å². The number of carbonyl (C=O) groups is 2. The maximum Gasteiger partial charge on any atom is 0.315 e. The highest BCUT2D eigenvalue weighted by atomic mass is 16.2. The first-order valence-corrected chi connectivity index (χ1v) is 16.4. The smallest absolute Gasteiger partial charge is 0.315 e. The average Bonchev–Trinajstić information content (AvgIpc) is 2.94. The van der Waals surface area contributed by atoms with Crippen molar-refractivity contribution in [3.8, 4) is 0 Å². The summed E-state index contributed by atoms with van der Waals surface area (Å²) < 4.78 is 0. The molecule has 7 nitrogen and oxygen atoms in total. The van der Waals surface area contributed by atoms with E-state index in [1.54, 1.807) is 6.08 Å². The Hall–Kier alpha value is -1.88. The van der Waals surface area contributed by atoms with Crippen LogP contribution in [-0.2, 0) is 9.59 Å². The van der Waals surface area contributed by atoms with Crippen molar-refractivity contribution in [3.63, 3.8) is 0 Å². The van der Waals surface area contributed by atoms with Crippen LogP contribution < -0.4 is 16.0 Å². The number of aliphatic imine (C=N–C) groups is 1. The highest BCUT2D eigenvalue weighted by Crippen LogP contribution is 2.14. The molecule has 0 saturated heterocycles. The Kier molecular flexibility index (Phi) is 27.7. The molecular formula is C32H62N4O3. The number of isocyanates is 1. The van der Waals surface area contributed by atoms with Crippen molar-refractivity contribution < 1.29 is 14.4 Å². The summed E-state index contributed by atoms with van der Waals surface area (Å²) in [4.78, 5) is 38.6. The van der Waals surface area contributed by atoms with Gasteiger partial charge in [-0.3, -0.25) is 4.79 Å². The van der Waals surface area contributed by atoms with Crippen LogP contribution in [0.1, 0.15) is 156 Å². The minimum atomic E-state index is -0.516. The van der Waals surface area contributed by atoms with Gasteiger partial charge >= 0.3 is 6.03 Å². The van der Waals surface area contributed by atoms with Gasteiger partial charge in [-0.05, 0) is 25.2 Å². The van der Waals surface area contributed by atoms with Gasteiger partial charge in [-0.25, -0.2) is 14.6 Å². The fourth-order valence-electron chi connectivity index (χ4n) is 4.81. The van der Waals surface area contributed by atoms with E-state index in [9.17, 15) is 14.4 Å². The van der Waals surface area contributed by atoms with Crippen molar-refractivity contribution >= 4 is 18.0 Å². The Bertz CT molecular complexity index is 623. The molecule has 2 atom stereocenters. The van der Waals surface area contributed by atoms with Crippen LogP contribution in [0.3, 0.4) is 0 Å². The van der Waals surface area contributed by atoms with Gasteiger partial charge in [0.15, 0.2) is 0 Å². The molecule has 0 radical (unpaired) electrons. The van der Waals surface area contributed by atoms with E-state index in [2.05, 4.69) is 27.9 Å². The van der Waals surface area contributed by atoms with Crippen LogP contribution in [0, 0.1) is 5.92 Å². The van der Waals surface area contributed by atoms with Gasteiger partial charge in [-0.1, -0.05) is 136 Å². The van der Waals surface area contributed by atoms with Gasteiger partial charge in [0.05, 0.1) is 6.54 Å². The standard InChI is InChI=1S/C32H62N4O3/c1-4-6-7-8-9-10-11-12-13-14-15-16-17-18-19-23-26-34-31(38)30(29(3)5-2)36-32(39)35-27-24-21-20-22-25-33-28-37/h29-30H,4-27H2,1-3H3,(H,34,38)(H2,35,36,39)/t29-,30-/m0/s1. The molecule has 0 aromatic heterocycles. The molecule has 0 spiro atoms. The molecule has 0 rings (SSSR count). The third-order valence-electron chi connectivity index (χ3n) is 7.66. The Morgan fingerprint density at radius 2 is 1.08 bits per heavy atom. The number of urea groups is 1. The molecule has 0 aliphatic carbocycles. The molecule has 0 heterocycles. The summed E-state index contributed by atoms with van der Waals surface area (Å²) in [7, 11) is 0. The van der Waals surface area contributed by atoms with Crippen molar-refractivity contribution in [3.05, 3.63) is 0 Å². The van der Waals surface area contributed by atoms with Crippen molar-refractivity contribution in [1.29, 1.82) is 0 Å². The number of unbranched alkanes of at least 4 members (excludes halogenated alkanes) is 18. The number of hydrogen-bond donors (Lipinski definition) is 3. The lowest BCUT2D eigenvalue weighted by Gasteiger charge is -2.23. The molecule has 39 heavy (non-hydrogen) atoms. The van der Waals surface area contributed by atoms with Crippen molar-refractivity contribution in [1.82, 2.24) is 16.0 Å². The van der Waals surface area contributed by atoms with Gasteiger partial charge in [-0.15, -0.1) is 0 Å². The van der Waals surface area contributed by atoms with E-state index in [0.29, 0.717) is 19.6 Å². The van der Waals surface area contributed by atoms with Crippen LogP contribution in [-0.4, -0.2) is 43.7 Å². The summed E-state index contributed by atoms with van der Waals surface area (Å²) in [5, 5.41) is 8.77. The van der Waals surface area contributed by atoms with E-state index in [0.717, 1.165) is 44.9 Å². The number of rotatable bonds is 28. The van der Waals surface area contributed by atoms with Gasteiger partial charge in [0.2, 0.25) is 12.0 Å². The quantitative estimate of drug-likeness (QED) is 0.0523. The van der Waals surface area contributed by atoms with Crippen molar-refractivity contribution in [2.45, 2.75) is 162 Å². The zero-order chi connectivity index (χ0) is 28.8. The first kappa shape index (κ1) is 37.1. The highest BCUT2D eigenvalue weighted by molar-refractivity contribution is 5.87. The van der Waals surface area contributed by atoms with Crippen LogP contribution in [0.5, 0.6) is 0 Å². The second-order valence-electron chi connectivity index (χ2n) is 11.2. The molecule has 0 saturated carbocycles. The minimum absolute atomic E-state index is 0.0694. The molecule has 0 bridgehead atoms. The summed E-state index contributed by atoms with van der Waals surface area (Å²) in [5.41, 5.74) is 0. The van der Waals surface area contributed by atoms with Crippen LogP contribution in [0.2, 0.25) is 0 Å². The zero-order valence-electron chi connectivity index (χ0n) is 25.8. The minimum Gasteiger partial charge on any atom is -0.354 e. The number of nitrogens with zero attached hydrogens (tertiary/aromatic N) is 1. The first-order valence-electron chi connectivity index (χ1n) is 16.4. The molecule has 0 aliphatic heterocycles. The lowest BCUT2D eigenvalue weighted by molar-refractivity contribution is -0.124. The first-order chi connectivity index (χ1) is 19.1. The van der Waals surface area contributed by atoms with E-state index in [1.807, 2.05) is 13.8 Å². The van der Waals surface area contributed by atoms with Gasteiger partial charge in [0, 0.05) is 13.1 Å². The topological polar surface area (TPSA) is 99.7 Å². The van der Waals surface area contributed by atoms with E-state index >= 15 is 0 Å². The van der Waals surface area contributed by atoms with E-state index in [1.165, 1.54) is 89.9 Å². The second kappa shape index (κ2) is 29.1. The number of hydrogen-bond acceptors (Lipinski definition) is 4. The molecule has 3 amide bonds. The van der Waals surface area contributed by atoms with Gasteiger partial charge in [-0.2, -0.15) is 0 Å². The largest absolute Gasteiger partial charge is 0.354 e. The van der Waals surface area contributed by atoms with Crippen LogP contribution >= 0.6 is 0 Å². The summed E-state index contributed by atoms with van der Waals surface area (Å²) in [5.74, 6) is -0.0175. The fourth-order valence-corrected chi connectivity index (χ4v) is 4.81. The lowest BCUT2D eigenvalue weighted by Crippen LogP contribution is -2.53.